The van der Waals surface area contributed by atoms with Crippen LogP contribution in [0.15, 0.2) is 48.7 Å². The molecule has 0 aliphatic heterocycles. The van der Waals surface area contributed by atoms with Crippen molar-refractivity contribution in [2.45, 2.75) is 18.4 Å². The first-order valence-corrected chi connectivity index (χ1v) is 6.71. The Kier molecular flexibility index (Phi) is 3.68. The Morgan fingerprint density at radius 1 is 1.24 bits per heavy atom. The Labute approximate surface area is 121 Å². The molecule has 1 heterocycles. The van der Waals surface area contributed by atoms with Crippen molar-refractivity contribution in [1.82, 2.24) is 15.7 Å². The lowest BCUT2D eigenvalue weighted by atomic mass is 10.1. The number of carbonyl (C=O) groups excluding carboxylic acids is 1. The monoisotopic (exact) mass is 286 g/mol. The van der Waals surface area contributed by atoms with E-state index in [1.807, 2.05) is 12.1 Å². The second kappa shape index (κ2) is 5.78. The Hall–Kier alpha value is -2.63. The number of halogens is 1. The zero-order chi connectivity index (χ0) is 14.7. The molecule has 0 spiro atoms. The van der Waals surface area contributed by atoms with Gasteiger partial charge in [-0.1, -0.05) is 18.2 Å². The number of hydrogen-bond donors (Lipinski definition) is 3. The molecule has 1 fully saturated rings. The molecule has 21 heavy (non-hydrogen) atoms. The van der Waals surface area contributed by atoms with Crippen molar-refractivity contribution in [3.05, 3.63) is 60.0 Å². The summed E-state index contributed by atoms with van der Waals surface area (Å²) in [6, 6.07) is 11.5. The van der Waals surface area contributed by atoms with E-state index in [1.54, 1.807) is 24.4 Å². The summed E-state index contributed by atoms with van der Waals surface area (Å²) < 4.78 is 13.1. The number of carbonyl (C=O) groups is 1. The van der Waals surface area contributed by atoms with Crippen LogP contribution < -0.4 is 16.2 Å². The SMILES string of the molecule is O=C(NNc1ccccn1)N[C@H]1C[C@@H]1c1cccc(F)c1. The molecule has 2 aromatic rings. The Morgan fingerprint density at radius 2 is 2.14 bits per heavy atom. The zero-order valence-corrected chi connectivity index (χ0v) is 11.2. The molecule has 1 aliphatic carbocycles. The minimum Gasteiger partial charge on any atom is -0.333 e. The standard InChI is InChI=1S/C15H15FN4O/c16-11-5-3-4-10(8-11)12-9-13(12)18-15(21)20-19-14-6-1-2-7-17-14/h1-8,12-13H,9H2,(H,17,19)(H2,18,20,21)/t12-,13+/m1/s1. The minimum atomic E-state index is -0.329. The summed E-state index contributed by atoms with van der Waals surface area (Å²) >= 11 is 0. The van der Waals surface area contributed by atoms with Crippen molar-refractivity contribution in [3.8, 4) is 0 Å². The first-order valence-electron chi connectivity index (χ1n) is 6.71. The van der Waals surface area contributed by atoms with E-state index < -0.39 is 0 Å². The summed E-state index contributed by atoms with van der Waals surface area (Å²) in [5, 5.41) is 2.83. The lowest BCUT2D eigenvalue weighted by Crippen LogP contribution is -2.40. The van der Waals surface area contributed by atoms with Gasteiger partial charge in [-0.2, -0.15) is 0 Å². The molecule has 108 valence electrons. The molecule has 2 atom stereocenters. The van der Waals surface area contributed by atoms with Gasteiger partial charge in [0.1, 0.15) is 11.6 Å². The number of hydrazine groups is 1. The molecule has 3 N–H and O–H groups in total. The smallest absolute Gasteiger partial charge is 0.333 e. The van der Waals surface area contributed by atoms with Crippen LogP contribution in [0, 0.1) is 5.82 Å². The third kappa shape index (κ3) is 3.47. The third-order valence-corrected chi connectivity index (χ3v) is 3.35. The Balaban J connectivity index is 1.47. The van der Waals surface area contributed by atoms with Gasteiger partial charge in [0.05, 0.1) is 0 Å². The Bertz CT molecular complexity index is 635. The molecular weight excluding hydrogens is 271 g/mol. The number of rotatable bonds is 4. The van der Waals surface area contributed by atoms with Gasteiger partial charge in [0.15, 0.2) is 0 Å². The number of pyridine rings is 1. The predicted molar refractivity (Wildman–Crippen MR) is 77.1 cm³/mol. The van der Waals surface area contributed by atoms with E-state index in [0.29, 0.717) is 5.82 Å². The molecule has 0 radical (unpaired) electrons. The van der Waals surface area contributed by atoms with Crippen molar-refractivity contribution in [1.29, 1.82) is 0 Å². The third-order valence-electron chi connectivity index (χ3n) is 3.35. The van der Waals surface area contributed by atoms with E-state index >= 15 is 0 Å². The van der Waals surface area contributed by atoms with Crippen LogP contribution in [0.25, 0.3) is 0 Å². The van der Waals surface area contributed by atoms with Crippen molar-refractivity contribution < 1.29 is 9.18 Å². The predicted octanol–water partition coefficient (Wildman–Crippen LogP) is 2.40. The van der Waals surface area contributed by atoms with E-state index in [-0.39, 0.29) is 23.8 Å². The number of urea groups is 1. The number of nitrogens with one attached hydrogen (secondary N) is 3. The van der Waals surface area contributed by atoms with E-state index in [2.05, 4.69) is 21.2 Å². The molecule has 1 saturated carbocycles. The summed E-state index contributed by atoms with van der Waals surface area (Å²) in [6.07, 6.45) is 2.45. The fourth-order valence-electron chi connectivity index (χ4n) is 2.22. The second-order valence-electron chi connectivity index (χ2n) is 4.94. The highest BCUT2D eigenvalue weighted by Crippen LogP contribution is 2.40. The van der Waals surface area contributed by atoms with Crippen LogP contribution in [0.1, 0.15) is 17.9 Å². The fraction of sp³-hybridized carbons (Fsp3) is 0.200. The number of anilines is 1. The van der Waals surface area contributed by atoms with Crippen LogP contribution in [-0.4, -0.2) is 17.1 Å². The Morgan fingerprint density at radius 3 is 2.90 bits per heavy atom. The number of benzene rings is 1. The van der Waals surface area contributed by atoms with Crippen molar-refractivity contribution in [2.24, 2.45) is 0 Å². The number of hydrogen-bond acceptors (Lipinski definition) is 3. The van der Waals surface area contributed by atoms with Gasteiger partial charge in [0.25, 0.3) is 0 Å². The first-order chi connectivity index (χ1) is 10.2. The van der Waals surface area contributed by atoms with Gasteiger partial charge in [-0.25, -0.2) is 14.2 Å². The fourth-order valence-corrected chi connectivity index (χ4v) is 2.22. The van der Waals surface area contributed by atoms with Gasteiger partial charge < -0.3 is 5.32 Å². The van der Waals surface area contributed by atoms with Crippen molar-refractivity contribution in [2.75, 3.05) is 5.43 Å². The van der Waals surface area contributed by atoms with Gasteiger partial charge >= 0.3 is 6.03 Å². The molecule has 2 amide bonds. The highest BCUT2D eigenvalue weighted by molar-refractivity contribution is 5.76. The molecular formula is C15H15FN4O. The van der Waals surface area contributed by atoms with Gasteiger partial charge in [-0.05, 0) is 36.2 Å². The molecule has 5 nitrogen and oxygen atoms in total. The maximum Gasteiger partial charge on any atom is 0.333 e. The molecule has 1 aromatic carbocycles. The zero-order valence-electron chi connectivity index (χ0n) is 11.2. The average molecular weight is 286 g/mol. The number of aromatic nitrogens is 1. The van der Waals surface area contributed by atoms with Crippen LogP contribution >= 0.6 is 0 Å². The number of nitrogens with zero attached hydrogens (tertiary/aromatic N) is 1. The largest absolute Gasteiger partial charge is 0.333 e. The molecule has 6 heteroatoms. The van der Waals surface area contributed by atoms with Crippen LogP contribution in [0.3, 0.4) is 0 Å². The summed E-state index contributed by atoms with van der Waals surface area (Å²) in [7, 11) is 0. The maximum atomic E-state index is 13.1. The molecule has 1 aliphatic rings. The van der Waals surface area contributed by atoms with Gasteiger partial charge in [0.2, 0.25) is 0 Å². The lowest BCUT2D eigenvalue weighted by molar-refractivity contribution is 0.242. The van der Waals surface area contributed by atoms with Gasteiger partial charge in [-0.3, -0.25) is 10.9 Å². The molecule has 0 bridgehead atoms. The lowest BCUT2D eigenvalue weighted by Gasteiger charge is -2.09. The van der Waals surface area contributed by atoms with E-state index in [4.69, 9.17) is 0 Å². The normalized spacial score (nSPS) is 19.7. The van der Waals surface area contributed by atoms with Crippen LogP contribution in [-0.2, 0) is 0 Å². The van der Waals surface area contributed by atoms with Crippen LogP contribution in [0.4, 0.5) is 15.0 Å². The number of amides is 2. The average Bonchev–Trinajstić information content (AvgIpc) is 3.25. The quantitative estimate of drug-likeness (QED) is 0.756. The second-order valence-corrected chi connectivity index (χ2v) is 4.94. The highest BCUT2D eigenvalue weighted by atomic mass is 19.1. The molecule has 3 rings (SSSR count). The van der Waals surface area contributed by atoms with Gasteiger partial charge in [-0.15, -0.1) is 0 Å². The first kappa shape index (κ1) is 13.4. The van der Waals surface area contributed by atoms with Crippen molar-refractivity contribution in [3.63, 3.8) is 0 Å². The van der Waals surface area contributed by atoms with Crippen LogP contribution in [0.5, 0.6) is 0 Å². The maximum absolute atomic E-state index is 13.1. The summed E-state index contributed by atoms with van der Waals surface area (Å²) in [5.41, 5.74) is 6.14. The van der Waals surface area contributed by atoms with Crippen molar-refractivity contribution >= 4 is 11.8 Å². The molecule has 0 unspecified atom stereocenters. The van der Waals surface area contributed by atoms with E-state index in [9.17, 15) is 9.18 Å². The van der Waals surface area contributed by atoms with E-state index in [0.717, 1.165) is 12.0 Å². The summed E-state index contributed by atoms with van der Waals surface area (Å²) in [5.74, 6) is 0.492. The summed E-state index contributed by atoms with van der Waals surface area (Å²) in [4.78, 5) is 15.7. The molecule has 0 saturated heterocycles. The van der Waals surface area contributed by atoms with Crippen LogP contribution in [0.2, 0.25) is 0 Å². The summed E-state index contributed by atoms with van der Waals surface area (Å²) in [6.45, 7) is 0. The topological polar surface area (TPSA) is 66.0 Å². The van der Waals surface area contributed by atoms with Gasteiger partial charge in [0, 0.05) is 18.2 Å². The minimum absolute atomic E-state index is 0.0392. The highest BCUT2D eigenvalue weighted by Gasteiger charge is 2.39. The van der Waals surface area contributed by atoms with E-state index in [1.165, 1.54) is 12.1 Å². The molecule has 1 aromatic heterocycles.